The van der Waals surface area contributed by atoms with Crippen LogP contribution < -0.4 is 0 Å². The SMILES string of the molecule is CCCO[SiH](OCCC)C1(C2CCC(C)CC2)CCCC1. The zero-order valence-electron chi connectivity index (χ0n) is 14.5. The fraction of sp³-hybridized carbons (Fsp3) is 1.00. The van der Waals surface area contributed by atoms with Crippen molar-refractivity contribution in [2.45, 2.75) is 90.0 Å². The summed E-state index contributed by atoms with van der Waals surface area (Å²) in [4.78, 5) is 0. The Labute approximate surface area is 133 Å². The fourth-order valence-corrected chi connectivity index (χ4v) is 7.79. The van der Waals surface area contributed by atoms with Crippen molar-refractivity contribution in [3.63, 3.8) is 0 Å². The molecule has 0 heterocycles. The van der Waals surface area contributed by atoms with Gasteiger partial charge in [-0.3, -0.25) is 0 Å². The van der Waals surface area contributed by atoms with Crippen LogP contribution in [0.4, 0.5) is 0 Å². The van der Waals surface area contributed by atoms with Crippen molar-refractivity contribution in [1.82, 2.24) is 0 Å². The van der Waals surface area contributed by atoms with Crippen molar-refractivity contribution in [2.24, 2.45) is 11.8 Å². The molecule has 0 bridgehead atoms. The molecule has 2 fully saturated rings. The maximum atomic E-state index is 6.38. The summed E-state index contributed by atoms with van der Waals surface area (Å²) in [5, 5.41) is 0.463. The van der Waals surface area contributed by atoms with Crippen LogP contribution in [0.3, 0.4) is 0 Å². The lowest BCUT2D eigenvalue weighted by Crippen LogP contribution is -2.43. The van der Waals surface area contributed by atoms with Crippen LogP contribution in [0.15, 0.2) is 0 Å². The Hall–Kier alpha value is 0.137. The third-order valence-electron chi connectivity index (χ3n) is 5.78. The van der Waals surface area contributed by atoms with Gasteiger partial charge in [0.2, 0.25) is 0 Å². The first-order chi connectivity index (χ1) is 10.2. The van der Waals surface area contributed by atoms with Crippen LogP contribution in [0.25, 0.3) is 0 Å². The van der Waals surface area contributed by atoms with Crippen molar-refractivity contribution < 1.29 is 8.85 Å². The van der Waals surface area contributed by atoms with Gasteiger partial charge in [0.15, 0.2) is 0 Å². The summed E-state index contributed by atoms with van der Waals surface area (Å²) in [5.41, 5.74) is 0. The van der Waals surface area contributed by atoms with E-state index in [0.29, 0.717) is 5.04 Å². The number of hydrogen-bond acceptors (Lipinski definition) is 2. The highest BCUT2D eigenvalue weighted by molar-refractivity contribution is 6.49. The van der Waals surface area contributed by atoms with E-state index in [4.69, 9.17) is 8.85 Å². The Morgan fingerprint density at radius 2 is 1.43 bits per heavy atom. The molecule has 0 aromatic rings. The van der Waals surface area contributed by atoms with Crippen molar-refractivity contribution in [3.8, 4) is 0 Å². The molecule has 0 unspecified atom stereocenters. The predicted molar refractivity (Wildman–Crippen MR) is 91.9 cm³/mol. The zero-order valence-corrected chi connectivity index (χ0v) is 15.7. The monoisotopic (exact) mass is 312 g/mol. The maximum absolute atomic E-state index is 6.38. The summed E-state index contributed by atoms with van der Waals surface area (Å²) in [5.74, 6) is 1.83. The molecule has 0 saturated heterocycles. The van der Waals surface area contributed by atoms with Crippen LogP contribution in [-0.2, 0) is 8.85 Å². The Bertz CT molecular complexity index is 273. The summed E-state index contributed by atoms with van der Waals surface area (Å²) >= 11 is 0. The number of rotatable bonds is 8. The molecule has 0 aliphatic heterocycles. The van der Waals surface area contributed by atoms with E-state index in [-0.39, 0.29) is 0 Å². The van der Waals surface area contributed by atoms with E-state index in [1.165, 1.54) is 51.4 Å². The molecule has 0 aromatic heterocycles. The lowest BCUT2D eigenvalue weighted by Gasteiger charge is -2.44. The molecule has 0 N–H and O–H groups in total. The van der Waals surface area contributed by atoms with Crippen molar-refractivity contribution in [3.05, 3.63) is 0 Å². The van der Waals surface area contributed by atoms with Crippen LogP contribution in [-0.4, -0.2) is 22.5 Å². The van der Waals surface area contributed by atoms with E-state index >= 15 is 0 Å². The Morgan fingerprint density at radius 1 is 0.905 bits per heavy atom. The molecule has 2 aliphatic rings. The quantitative estimate of drug-likeness (QED) is 0.573. The smallest absolute Gasteiger partial charge is 0.328 e. The summed E-state index contributed by atoms with van der Waals surface area (Å²) < 4.78 is 12.8. The Morgan fingerprint density at radius 3 is 1.90 bits per heavy atom. The third-order valence-corrected chi connectivity index (χ3v) is 8.84. The van der Waals surface area contributed by atoms with Gasteiger partial charge in [0, 0.05) is 18.3 Å². The second kappa shape index (κ2) is 8.69. The lowest BCUT2D eigenvalue weighted by molar-refractivity contribution is 0.128. The molecule has 0 aromatic carbocycles. The van der Waals surface area contributed by atoms with Gasteiger partial charge in [-0.15, -0.1) is 0 Å². The summed E-state index contributed by atoms with van der Waals surface area (Å²) in [6.45, 7) is 8.67. The van der Waals surface area contributed by atoms with Gasteiger partial charge in [-0.05, 0) is 50.4 Å². The fourth-order valence-electron chi connectivity index (χ4n) is 4.53. The van der Waals surface area contributed by atoms with E-state index in [9.17, 15) is 0 Å². The van der Waals surface area contributed by atoms with E-state index in [0.717, 1.165) is 37.9 Å². The van der Waals surface area contributed by atoms with Gasteiger partial charge in [0.1, 0.15) is 0 Å². The Kier molecular flexibility index (Phi) is 7.23. The standard InChI is InChI=1S/C18H36O2Si/c1-4-14-19-21(20-15-5-2)18(12-6-7-13-18)17-10-8-16(3)9-11-17/h16-17,21H,4-15H2,1-3H3. The van der Waals surface area contributed by atoms with Gasteiger partial charge in [-0.1, -0.05) is 46.5 Å². The van der Waals surface area contributed by atoms with Gasteiger partial charge in [-0.25, -0.2) is 0 Å². The van der Waals surface area contributed by atoms with Crippen LogP contribution in [0.5, 0.6) is 0 Å². The first kappa shape index (κ1) is 17.5. The largest absolute Gasteiger partial charge is 0.396 e. The van der Waals surface area contributed by atoms with Crippen LogP contribution in [0.1, 0.15) is 85.0 Å². The highest BCUT2D eigenvalue weighted by Gasteiger charge is 2.50. The highest BCUT2D eigenvalue weighted by Crippen LogP contribution is 2.58. The molecular formula is C18H36O2Si. The minimum atomic E-state index is -1.55. The average Bonchev–Trinajstić information content (AvgIpc) is 2.99. The molecule has 2 nitrogen and oxygen atoms in total. The van der Waals surface area contributed by atoms with Crippen LogP contribution >= 0.6 is 0 Å². The van der Waals surface area contributed by atoms with E-state index < -0.39 is 9.28 Å². The second-order valence-electron chi connectivity index (χ2n) is 7.47. The highest BCUT2D eigenvalue weighted by atomic mass is 28.3. The minimum absolute atomic E-state index is 0.463. The van der Waals surface area contributed by atoms with Crippen molar-refractivity contribution >= 4 is 9.28 Å². The zero-order chi connectivity index (χ0) is 15.1. The molecule has 2 aliphatic carbocycles. The van der Waals surface area contributed by atoms with Crippen molar-refractivity contribution in [2.75, 3.05) is 13.2 Å². The summed E-state index contributed by atoms with van der Waals surface area (Å²) in [7, 11) is -1.55. The van der Waals surface area contributed by atoms with Crippen molar-refractivity contribution in [1.29, 1.82) is 0 Å². The van der Waals surface area contributed by atoms with Gasteiger partial charge in [0.25, 0.3) is 0 Å². The molecule has 0 spiro atoms. The second-order valence-corrected chi connectivity index (χ2v) is 9.95. The molecule has 0 radical (unpaired) electrons. The summed E-state index contributed by atoms with van der Waals surface area (Å²) in [6, 6.07) is 0. The minimum Gasteiger partial charge on any atom is -0.396 e. The van der Waals surface area contributed by atoms with Gasteiger partial charge in [-0.2, -0.15) is 0 Å². The molecule has 3 heteroatoms. The van der Waals surface area contributed by atoms with E-state index in [1.54, 1.807) is 0 Å². The maximum Gasteiger partial charge on any atom is 0.328 e. The average molecular weight is 313 g/mol. The topological polar surface area (TPSA) is 18.5 Å². The molecule has 0 atom stereocenters. The normalized spacial score (nSPS) is 29.1. The molecule has 0 amide bonds. The summed E-state index contributed by atoms with van der Waals surface area (Å²) in [6.07, 6.45) is 13.5. The molecule has 124 valence electrons. The third kappa shape index (κ3) is 4.32. The lowest BCUT2D eigenvalue weighted by atomic mass is 9.75. The van der Waals surface area contributed by atoms with E-state index in [2.05, 4.69) is 20.8 Å². The first-order valence-electron chi connectivity index (χ1n) is 9.46. The Balaban J connectivity index is 2.08. The van der Waals surface area contributed by atoms with Crippen LogP contribution in [0.2, 0.25) is 5.04 Å². The first-order valence-corrected chi connectivity index (χ1v) is 11.0. The van der Waals surface area contributed by atoms with Gasteiger partial charge >= 0.3 is 9.28 Å². The molecule has 2 rings (SSSR count). The van der Waals surface area contributed by atoms with Gasteiger partial charge < -0.3 is 8.85 Å². The van der Waals surface area contributed by atoms with Gasteiger partial charge in [0.05, 0.1) is 0 Å². The number of hydrogen-bond donors (Lipinski definition) is 0. The molecular weight excluding hydrogens is 276 g/mol. The molecule has 21 heavy (non-hydrogen) atoms. The van der Waals surface area contributed by atoms with E-state index in [1.807, 2.05) is 0 Å². The van der Waals surface area contributed by atoms with Crippen LogP contribution in [0, 0.1) is 11.8 Å². The predicted octanol–water partition coefficient (Wildman–Crippen LogP) is 5.20. The molecule has 2 saturated carbocycles.